The fraction of sp³-hybridized carbons (Fsp3) is 0.611. The van der Waals surface area contributed by atoms with Crippen molar-refractivity contribution in [1.82, 2.24) is 44.0 Å². The first kappa shape index (κ1) is 17.8. The van der Waals surface area contributed by atoms with Crippen LogP contribution in [0.15, 0.2) is 25.0 Å². The molecule has 0 N–H and O–H groups in total. The fourth-order valence-corrected chi connectivity index (χ4v) is 3.90. The number of rotatable bonds is 7. The van der Waals surface area contributed by atoms with Gasteiger partial charge in [0.2, 0.25) is 0 Å². The summed E-state index contributed by atoms with van der Waals surface area (Å²) >= 11 is 0. The second kappa shape index (κ2) is 7.99. The number of aryl methyl sites for hydroxylation is 1. The van der Waals surface area contributed by atoms with Gasteiger partial charge in [0.1, 0.15) is 30.8 Å². The molecule has 4 rings (SSSR count). The molecular weight excluding hydrogens is 342 g/mol. The maximum absolute atomic E-state index is 4.54. The van der Waals surface area contributed by atoms with Gasteiger partial charge >= 0.3 is 0 Å². The van der Waals surface area contributed by atoms with Crippen molar-refractivity contribution in [2.45, 2.75) is 58.8 Å². The van der Waals surface area contributed by atoms with E-state index in [0.717, 1.165) is 63.0 Å². The minimum absolute atomic E-state index is 0.462. The van der Waals surface area contributed by atoms with E-state index < -0.39 is 0 Å². The van der Waals surface area contributed by atoms with Crippen molar-refractivity contribution in [3.8, 4) is 0 Å². The number of likely N-dealkylation sites (tertiary alicyclic amines) is 1. The number of piperidine rings is 1. The van der Waals surface area contributed by atoms with Crippen LogP contribution in [0.1, 0.15) is 50.1 Å². The highest BCUT2D eigenvalue weighted by molar-refractivity contribution is 5.05. The van der Waals surface area contributed by atoms with Crippen LogP contribution in [-0.4, -0.2) is 57.1 Å². The molecule has 9 nitrogen and oxygen atoms in total. The second-order valence-corrected chi connectivity index (χ2v) is 6.99. The van der Waals surface area contributed by atoms with Crippen molar-refractivity contribution in [3.63, 3.8) is 0 Å². The molecule has 0 aliphatic carbocycles. The molecule has 0 bridgehead atoms. The summed E-state index contributed by atoms with van der Waals surface area (Å²) < 4.78 is 6.25. The average Bonchev–Trinajstić information content (AvgIpc) is 3.44. The molecular formula is C18H27N9. The Kier molecular flexibility index (Phi) is 5.28. The maximum Gasteiger partial charge on any atom is 0.154 e. The molecule has 0 spiro atoms. The fourth-order valence-electron chi connectivity index (χ4n) is 3.90. The summed E-state index contributed by atoms with van der Waals surface area (Å²) in [6.45, 7) is 9.82. The van der Waals surface area contributed by atoms with E-state index in [2.05, 4.69) is 59.3 Å². The minimum Gasteiger partial charge on any atom is -0.334 e. The van der Waals surface area contributed by atoms with E-state index in [-0.39, 0.29) is 0 Å². The molecule has 0 amide bonds. The molecule has 1 saturated heterocycles. The van der Waals surface area contributed by atoms with Gasteiger partial charge in [-0.05, 0) is 39.8 Å². The van der Waals surface area contributed by atoms with Crippen molar-refractivity contribution in [2.24, 2.45) is 0 Å². The summed E-state index contributed by atoms with van der Waals surface area (Å²) in [6, 6.07) is 0. The predicted octanol–water partition coefficient (Wildman–Crippen LogP) is 1.53. The molecule has 0 unspecified atom stereocenters. The van der Waals surface area contributed by atoms with Gasteiger partial charge in [-0.25, -0.2) is 14.6 Å². The van der Waals surface area contributed by atoms with Crippen LogP contribution in [0.3, 0.4) is 0 Å². The molecule has 4 heterocycles. The molecule has 144 valence electrons. The number of imidazole rings is 1. The van der Waals surface area contributed by atoms with Gasteiger partial charge in [0.05, 0.1) is 6.54 Å². The summed E-state index contributed by atoms with van der Waals surface area (Å²) in [5.74, 6) is 3.68. The monoisotopic (exact) mass is 369 g/mol. The lowest BCUT2D eigenvalue weighted by Gasteiger charge is -2.31. The van der Waals surface area contributed by atoms with E-state index in [4.69, 9.17) is 0 Å². The largest absolute Gasteiger partial charge is 0.334 e. The van der Waals surface area contributed by atoms with Gasteiger partial charge in [0.15, 0.2) is 5.82 Å². The Hall–Kier alpha value is -2.55. The Bertz CT molecular complexity index is 840. The van der Waals surface area contributed by atoms with E-state index in [1.165, 1.54) is 0 Å². The van der Waals surface area contributed by atoms with Crippen LogP contribution in [0.5, 0.6) is 0 Å². The highest BCUT2D eigenvalue weighted by Gasteiger charge is 2.26. The topological polar surface area (TPSA) is 82.5 Å². The number of hydrogen-bond donors (Lipinski definition) is 0. The first-order valence-corrected chi connectivity index (χ1v) is 9.75. The summed E-state index contributed by atoms with van der Waals surface area (Å²) in [4.78, 5) is 11.0. The van der Waals surface area contributed by atoms with Crippen LogP contribution in [0, 0.1) is 0 Å². The summed E-state index contributed by atoms with van der Waals surface area (Å²) in [5, 5.41) is 13.2. The minimum atomic E-state index is 0.462. The van der Waals surface area contributed by atoms with E-state index in [9.17, 15) is 0 Å². The quantitative estimate of drug-likeness (QED) is 0.628. The van der Waals surface area contributed by atoms with Crippen molar-refractivity contribution in [1.29, 1.82) is 0 Å². The average molecular weight is 369 g/mol. The Morgan fingerprint density at radius 2 is 1.89 bits per heavy atom. The smallest absolute Gasteiger partial charge is 0.154 e. The third-order valence-corrected chi connectivity index (χ3v) is 5.40. The van der Waals surface area contributed by atoms with Gasteiger partial charge in [-0.1, -0.05) is 0 Å². The van der Waals surface area contributed by atoms with Crippen LogP contribution >= 0.6 is 0 Å². The van der Waals surface area contributed by atoms with E-state index >= 15 is 0 Å². The number of nitrogens with zero attached hydrogens (tertiary/aromatic N) is 9. The molecule has 1 aliphatic rings. The normalized spacial score (nSPS) is 16.2. The van der Waals surface area contributed by atoms with Crippen LogP contribution in [0.25, 0.3) is 0 Å². The van der Waals surface area contributed by atoms with Crippen LogP contribution in [0.4, 0.5) is 0 Å². The molecule has 0 atom stereocenters. The summed E-state index contributed by atoms with van der Waals surface area (Å²) in [6.07, 6.45) is 9.43. The molecule has 3 aromatic heterocycles. The number of hydrogen-bond acceptors (Lipinski definition) is 6. The van der Waals surface area contributed by atoms with Gasteiger partial charge in [-0.3, -0.25) is 4.90 Å². The zero-order chi connectivity index (χ0) is 18.6. The van der Waals surface area contributed by atoms with Crippen LogP contribution < -0.4 is 0 Å². The first-order valence-electron chi connectivity index (χ1n) is 9.75. The van der Waals surface area contributed by atoms with Crippen molar-refractivity contribution in [2.75, 3.05) is 13.1 Å². The molecule has 1 aliphatic heterocycles. The van der Waals surface area contributed by atoms with Crippen molar-refractivity contribution < 1.29 is 0 Å². The van der Waals surface area contributed by atoms with Gasteiger partial charge in [0, 0.05) is 31.4 Å². The van der Waals surface area contributed by atoms with E-state index in [1.807, 2.05) is 6.20 Å². The zero-order valence-electron chi connectivity index (χ0n) is 16.1. The molecule has 0 aromatic carbocycles. The SMILES string of the molecule is CCn1ccnc1CN1CCC(c2nnc(Cn3cncn3)n2CC)CC1. The third-order valence-electron chi connectivity index (χ3n) is 5.40. The van der Waals surface area contributed by atoms with Gasteiger partial charge in [-0.2, -0.15) is 5.10 Å². The van der Waals surface area contributed by atoms with Gasteiger partial charge in [-0.15, -0.1) is 10.2 Å². The maximum atomic E-state index is 4.54. The zero-order valence-corrected chi connectivity index (χ0v) is 16.1. The summed E-state index contributed by atoms with van der Waals surface area (Å²) in [7, 11) is 0. The highest BCUT2D eigenvalue weighted by atomic mass is 15.4. The third kappa shape index (κ3) is 3.78. The van der Waals surface area contributed by atoms with Crippen LogP contribution in [-0.2, 0) is 26.2 Å². The second-order valence-electron chi connectivity index (χ2n) is 6.99. The lowest BCUT2D eigenvalue weighted by molar-refractivity contribution is 0.193. The van der Waals surface area contributed by atoms with Crippen molar-refractivity contribution >= 4 is 0 Å². The van der Waals surface area contributed by atoms with Gasteiger partial charge < -0.3 is 9.13 Å². The Morgan fingerprint density at radius 1 is 1.04 bits per heavy atom. The highest BCUT2D eigenvalue weighted by Crippen LogP contribution is 2.28. The molecule has 9 heteroatoms. The lowest BCUT2D eigenvalue weighted by atomic mass is 9.96. The summed E-state index contributed by atoms with van der Waals surface area (Å²) in [5.41, 5.74) is 0. The van der Waals surface area contributed by atoms with Gasteiger partial charge in [0.25, 0.3) is 0 Å². The Morgan fingerprint density at radius 3 is 2.59 bits per heavy atom. The molecule has 0 saturated carbocycles. The van der Waals surface area contributed by atoms with Crippen molar-refractivity contribution in [3.05, 3.63) is 42.5 Å². The standard InChI is InChI=1S/C18H27N9/c1-3-25-10-7-20-16(25)11-24-8-5-15(6-9-24)18-23-22-17(27(18)4-2)12-26-14-19-13-21-26/h7,10,13-15H,3-6,8-9,11-12H2,1-2H3. The Balaban J connectivity index is 1.40. The van der Waals surface area contributed by atoms with E-state index in [1.54, 1.807) is 17.3 Å². The lowest BCUT2D eigenvalue weighted by Crippen LogP contribution is -2.34. The predicted molar refractivity (Wildman–Crippen MR) is 100.0 cm³/mol. The van der Waals surface area contributed by atoms with E-state index in [0.29, 0.717) is 12.5 Å². The molecule has 1 fully saturated rings. The first-order chi connectivity index (χ1) is 13.3. The molecule has 0 radical (unpaired) electrons. The number of aromatic nitrogens is 8. The van der Waals surface area contributed by atoms with Crippen LogP contribution in [0.2, 0.25) is 0 Å². The molecule has 3 aromatic rings. The molecule has 27 heavy (non-hydrogen) atoms. The Labute approximate surface area is 159 Å².